The molecule has 1 atom stereocenters. The quantitative estimate of drug-likeness (QED) is 0.455. The van der Waals surface area contributed by atoms with Crippen LogP contribution in [0.25, 0.3) is 11.0 Å². The van der Waals surface area contributed by atoms with E-state index in [0.717, 1.165) is 22.3 Å². The number of carbonyl (C=O) groups is 2. The molecule has 0 bridgehead atoms. The maximum atomic E-state index is 12.7. The van der Waals surface area contributed by atoms with Crippen LogP contribution < -0.4 is 10.2 Å². The van der Waals surface area contributed by atoms with Crippen LogP contribution in [0.15, 0.2) is 79.1 Å². The number of nitrogens with zero attached hydrogens (tertiary/aromatic N) is 3. The highest BCUT2D eigenvalue weighted by Gasteiger charge is 2.20. The fourth-order valence-electron chi connectivity index (χ4n) is 3.68. The number of fused-ring (bicyclic) bond motifs is 1. The summed E-state index contributed by atoms with van der Waals surface area (Å²) < 4.78 is 1.85. The van der Waals surface area contributed by atoms with Crippen LogP contribution in [0.1, 0.15) is 28.4 Å². The number of carboxylic acids is 1. The maximum Gasteiger partial charge on any atom is 0.305 e. The molecular formula is C25H24N4O3. The topological polar surface area (TPSA) is 87.5 Å². The molecule has 4 rings (SSSR count). The summed E-state index contributed by atoms with van der Waals surface area (Å²) >= 11 is 0. The Hall–Kier alpha value is -4.13. The van der Waals surface area contributed by atoms with Gasteiger partial charge in [0.15, 0.2) is 0 Å². The van der Waals surface area contributed by atoms with E-state index in [9.17, 15) is 14.7 Å². The second kappa shape index (κ2) is 8.93. The molecule has 2 N–H and O–H groups in total. The third-order valence-electron chi connectivity index (χ3n) is 5.37. The van der Waals surface area contributed by atoms with Crippen LogP contribution in [-0.4, -0.2) is 40.6 Å². The molecule has 0 aliphatic carbocycles. The molecule has 1 aromatic heterocycles. The van der Waals surface area contributed by atoms with Crippen molar-refractivity contribution in [2.75, 3.05) is 24.3 Å². The SMILES string of the molecule is CN(C)c1ccc(C(=O)Nc2ccc3ncn(C(CC(=O)O)c4ccccc4)c3c2)cc1. The van der Waals surface area contributed by atoms with Gasteiger partial charge in [-0.05, 0) is 48.0 Å². The molecule has 162 valence electrons. The highest BCUT2D eigenvalue weighted by Crippen LogP contribution is 2.28. The summed E-state index contributed by atoms with van der Waals surface area (Å²) in [4.78, 5) is 30.7. The normalized spacial score (nSPS) is 11.8. The zero-order valence-electron chi connectivity index (χ0n) is 17.9. The lowest BCUT2D eigenvalue weighted by Crippen LogP contribution is -2.15. The zero-order chi connectivity index (χ0) is 22.7. The number of nitrogens with one attached hydrogen (secondary N) is 1. The van der Waals surface area contributed by atoms with Crippen molar-refractivity contribution in [2.45, 2.75) is 12.5 Å². The van der Waals surface area contributed by atoms with Gasteiger partial charge in [0.2, 0.25) is 0 Å². The van der Waals surface area contributed by atoms with Crippen LogP contribution in [0.4, 0.5) is 11.4 Å². The number of imidazole rings is 1. The van der Waals surface area contributed by atoms with Gasteiger partial charge in [0, 0.05) is 31.0 Å². The van der Waals surface area contributed by atoms with Gasteiger partial charge in [-0.3, -0.25) is 9.59 Å². The van der Waals surface area contributed by atoms with Gasteiger partial charge in [-0.1, -0.05) is 30.3 Å². The number of aromatic nitrogens is 2. The van der Waals surface area contributed by atoms with E-state index in [2.05, 4.69) is 10.3 Å². The van der Waals surface area contributed by atoms with Crippen molar-refractivity contribution in [3.8, 4) is 0 Å². The Morgan fingerprint density at radius 1 is 1.03 bits per heavy atom. The van der Waals surface area contributed by atoms with E-state index in [4.69, 9.17) is 0 Å². The average molecular weight is 428 g/mol. The first kappa shape index (κ1) is 21.1. The Balaban J connectivity index is 1.64. The van der Waals surface area contributed by atoms with Crippen molar-refractivity contribution in [2.24, 2.45) is 0 Å². The molecule has 32 heavy (non-hydrogen) atoms. The number of hydrogen-bond acceptors (Lipinski definition) is 4. The highest BCUT2D eigenvalue weighted by atomic mass is 16.4. The predicted octanol–water partition coefficient (Wildman–Crippen LogP) is 4.42. The van der Waals surface area contributed by atoms with Crippen LogP contribution in [-0.2, 0) is 4.79 Å². The first-order valence-corrected chi connectivity index (χ1v) is 10.2. The van der Waals surface area contributed by atoms with Crippen LogP contribution in [0.2, 0.25) is 0 Å². The fraction of sp³-hybridized carbons (Fsp3) is 0.160. The molecule has 0 radical (unpaired) electrons. The van der Waals surface area contributed by atoms with Crippen molar-refractivity contribution < 1.29 is 14.7 Å². The number of anilines is 2. The summed E-state index contributed by atoms with van der Waals surface area (Å²) in [6, 6.07) is 21.9. The lowest BCUT2D eigenvalue weighted by atomic mass is 10.0. The Morgan fingerprint density at radius 2 is 1.75 bits per heavy atom. The van der Waals surface area contributed by atoms with E-state index in [1.165, 1.54) is 0 Å². The van der Waals surface area contributed by atoms with Gasteiger partial charge in [0.05, 0.1) is 29.8 Å². The predicted molar refractivity (Wildman–Crippen MR) is 125 cm³/mol. The van der Waals surface area contributed by atoms with Crippen LogP contribution >= 0.6 is 0 Å². The lowest BCUT2D eigenvalue weighted by Gasteiger charge is -2.18. The first-order chi connectivity index (χ1) is 15.4. The van der Waals surface area contributed by atoms with Crippen LogP contribution in [0.5, 0.6) is 0 Å². The number of rotatable bonds is 7. The minimum atomic E-state index is -0.897. The largest absolute Gasteiger partial charge is 0.481 e. The molecule has 0 aliphatic rings. The summed E-state index contributed by atoms with van der Waals surface area (Å²) in [5, 5.41) is 12.4. The molecule has 4 aromatic rings. The number of carbonyl (C=O) groups excluding carboxylic acids is 1. The summed E-state index contributed by atoms with van der Waals surface area (Å²) in [7, 11) is 3.89. The Kier molecular flexibility index (Phi) is 5.89. The number of hydrogen-bond donors (Lipinski definition) is 2. The molecule has 7 nitrogen and oxygen atoms in total. The number of aliphatic carboxylic acids is 1. The highest BCUT2D eigenvalue weighted by molar-refractivity contribution is 6.05. The molecule has 1 unspecified atom stereocenters. The molecule has 1 heterocycles. The molecule has 7 heteroatoms. The molecule has 0 fully saturated rings. The van der Waals surface area contributed by atoms with E-state index in [1.54, 1.807) is 24.5 Å². The van der Waals surface area contributed by atoms with Crippen molar-refractivity contribution in [3.63, 3.8) is 0 Å². The van der Waals surface area contributed by atoms with Crippen molar-refractivity contribution >= 4 is 34.3 Å². The number of carboxylic acid groups (broad SMARTS) is 1. The average Bonchev–Trinajstić information content (AvgIpc) is 3.21. The Labute approximate surface area is 185 Å². The summed E-state index contributed by atoms with van der Waals surface area (Å²) in [6.45, 7) is 0. The Bertz CT molecular complexity index is 1250. The van der Waals surface area contributed by atoms with Gasteiger partial charge in [0.25, 0.3) is 5.91 Å². The maximum absolute atomic E-state index is 12.7. The standard InChI is InChI=1S/C25H24N4O3/c1-28(2)20-11-8-18(9-12-20)25(32)27-19-10-13-21-23(14-19)29(16-26-21)22(15-24(30)31)17-6-4-3-5-7-17/h3-14,16,22H,15H2,1-2H3,(H,27,32)(H,30,31). The number of amides is 1. The van der Waals surface area contributed by atoms with Gasteiger partial charge in [-0.25, -0.2) is 4.98 Å². The van der Waals surface area contributed by atoms with Gasteiger partial charge in [0.1, 0.15) is 0 Å². The Morgan fingerprint density at radius 3 is 2.41 bits per heavy atom. The summed E-state index contributed by atoms with van der Waals surface area (Å²) in [6.07, 6.45) is 1.57. The van der Waals surface area contributed by atoms with Crippen molar-refractivity contribution in [1.29, 1.82) is 0 Å². The van der Waals surface area contributed by atoms with Gasteiger partial charge in [-0.15, -0.1) is 0 Å². The van der Waals surface area contributed by atoms with E-state index in [-0.39, 0.29) is 12.3 Å². The molecule has 3 aromatic carbocycles. The number of benzene rings is 3. The molecular weight excluding hydrogens is 404 g/mol. The molecule has 0 saturated carbocycles. The fourth-order valence-corrected chi connectivity index (χ4v) is 3.68. The monoisotopic (exact) mass is 428 g/mol. The van der Waals surface area contributed by atoms with Crippen molar-refractivity contribution in [3.05, 3.63) is 90.3 Å². The van der Waals surface area contributed by atoms with Crippen molar-refractivity contribution in [1.82, 2.24) is 9.55 Å². The summed E-state index contributed by atoms with van der Waals surface area (Å²) in [5.74, 6) is -1.11. The van der Waals surface area contributed by atoms with E-state index in [0.29, 0.717) is 11.3 Å². The van der Waals surface area contributed by atoms with E-state index in [1.807, 2.05) is 78.2 Å². The molecule has 0 spiro atoms. The summed E-state index contributed by atoms with van der Waals surface area (Å²) in [5.41, 5.74) is 4.53. The first-order valence-electron chi connectivity index (χ1n) is 10.2. The molecule has 0 aliphatic heterocycles. The lowest BCUT2D eigenvalue weighted by molar-refractivity contribution is -0.137. The van der Waals surface area contributed by atoms with Crippen LogP contribution in [0.3, 0.4) is 0 Å². The van der Waals surface area contributed by atoms with Gasteiger partial charge >= 0.3 is 5.97 Å². The second-order valence-corrected chi connectivity index (χ2v) is 7.78. The third kappa shape index (κ3) is 4.46. The van der Waals surface area contributed by atoms with E-state index < -0.39 is 12.0 Å². The van der Waals surface area contributed by atoms with Gasteiger partial charge < -0.3 is 19.9 Å². The minimum Gasteiger partial charge on any atom is -0.481 e. The zero-order valence-corrected chi connectivity index (χ0v) is 17.9. The molecule has 0 saturated heterocycles. The third-order valence-corrected chi connectivity index (χ3v) is 5.37. The van der Waals surface area contributed by atoms with E-state index >= 15 is 0 Å². The van der Waals surface area contributed by atoms with Crippen LogP contribution in [0, 0.1) is 0 Å². The smallest absolute Gasteiger partial charge is 0.305 e. The molecule has 1 amide bonds. The van der Waals surface area contributed by atoms with Gasteiger partial charge in [-0.2, -0.15) is 0 Å². The second-order valence-electron chi connectivity index (χ2n) is 7.78. The minimum absolute atomic E-state index is 0.0791.